The summed E-state index contributed by atoms with van der Waals surface area (Å²) in [6, 6.07) is 2.70. The van der Waals surface area contributed by atoms with Gasteiger partial charge in [-0.3, -0.25) is 4.79 Å². The van der Waals surface area contributed by atoms with Gasteiger partial charge in [-0.25, -0.2) is 9.67 Å². The van der Waals surface area contributed by atoms with Gasteiger partial charge in [0.1, 0.15) is 0 Å². The third kappa shape index (κ3) is 2.38. The molecule has 2 saturated heterocycles. The molecule has 3 fully saturated rings. The van der Waals surface area contributed by atoms with Crippen LogP contribution < -0.4 is 0 Å². The molecule has 0 aromatic carbocycles. The number of carbonyl (C=O) groups is 1. The Kier molecular flexibility index (Phi) is 3.39. The molecule has 2 aromatic rings. The highest BCUT2D eigenvalue weighted by Crippen LogP contribution is 2.41. The lowest BCUT2D eigenvalue weighted by molar-refractivity contribution is -0.00706. The highest BCUT2D eigenvalue weighted by molar-refractivity contribution is 6.06. The molecular weight excluding hydrogens is 316 g/mol. The third-order valence-electron chi connectivity index (χ3n) is 5.78. The lowest BCUT2D eigenvalue weighted by Gasteiger charge is -2.34. The number of fused-ring (bicyclic) bond motifs is 3. The summed E-state index contributed by atoms with van der Waals surface area (Å²) in [5, 5.41) is 5.40. The Hall–Kier alpha value is -1.95. The topological polar surface area (TPSA) is 60.2 Å². The van der Waals surface area contributed by atoms with Crippen LogP contribution in [0.2, 0.25) is 0 Å². The second-order valence-electron chi connectivity index (χ2n) is 7.92. The molecule has 2 aliphatic heterocycles. The Morgan fingerprint density at radius 1 is 1.20 bits per heavy atom. The molecule has 0 spiro atoms. The van der Waals surface area contributed by atoms with Crippen molar-refractivity contribution in [2.75, 3.05) is 13.2 Å². The first-order valence-corrected chi connectivity index (χ1v) is 9.42. The maximum atomic E-state index is 13.5. The maximum Gasteiger partial charge on any atom is 0.255 e. The SMILES string of the molecule is CC(C)n1ncc2c(C(=O)N3C4CCC3COC4)cc(C3CC3)nc21. The Morgan fingerprint density at radius 2 is 1.92 bits per heavy atom. The van der Waals surface area contributed by atoms with E-state index in [-0.39, 0.29) is 24.0 Å². The van der Waals surface area contributed by atoms with Gasteiger partial charge in [-0.2, -0.15) is 5.10 Å². The van der Waals surface area contributed by atoms with Crippen LogP contribution in [-0.4, -0.2) is 50.9 Å². The first-order valence-electron chi connectivity index (χ1n) is 9.42. The van der Waals surface area contributed by atoms with Gasteiger partial charge in [0.2, 0.25) is 0 Å². The third-order valence-corrected chi connectivity index (χ3v) is 5.78. The monoisotopic (exact) mass is 340 g/mol. The zero-order valence-electron chi connectivity index (χ0n) is 14.8. The van der Waals surface area contributed by atoms with Crippen LogP contribution in [0.1, 0.15) is 67.5 Å². The van der Waals surface area contributed by atoms with Crippen LogP contribution in [0.25, 0.3) is 11.0 Å². The summed E-state index contributed by atoms with van der Waals surface area (Å²) >= 11 is 0. The summed E-state index contributed by atoms with van der Waals surface area (Å²) < 4.78 is 7.58. The molecule has 5 rings (SSSR count). The van der Waals surface area contributed by atoms with Gasteiger partial charge >= 0.3 is 0 Å². The Morgan fingerprint density at radius 3 is 2.56 bits per heavy atom. The van der Waals surface area contributed by atoms with E-state index in [1.807, 2.05) is 16.9 Å². The summed E-state index contributed by atoms with van der Waals surface area (Å²) in [6.45, 7) is 5.53. The Bertz CT molecular complexity index is 823. The minimum Gasteiger partial charge on any atom is -0.377 e. The lowest BCUT2D eigenvalue weighted by Crippen LogP contribution is -2.49. The average molecular weight is 340 g/mol. The second kappa shape index (κ2) is 5.53. The van der Waals surface area contributed by atoms with Crippen molar-refractivity contribution in [3.63, 3.8) is 0 Å². The lowest BCUT2D eigenvalue weighted by atomic mass is 10.1. The van der Waals surface area contributed by atoms with Crippen molar-refractivity contribution in [1.82, 2.24) is 19.7 Å². The molecule has 1 amide bonds. The van der Waals surface area contributed by atoms with E-state index in [9.17, 15) is 4.79 Å². The van der Waals surface area contributed by atoms with Gasteiger partial charge in [-0.15, -0.1) is 0 Å². The van der Waals surface area contributed by atoms with Crippen LogP contribution in [-0.2, 0) is 4.74 Å². The summed E-state index contributed by atoms with van der Waals surface area (Å²) in [7, 11) is 0. The molecule has 6 nitrogen and oxygen atoms in total. The summed E-state index contributed by atoms with van der Waals surface area (Å²) in [5.74, 6) is 0.640. The molecular formula is C19H24N4O2. The van der Waals surface area contributed by atoms with Crippen molar-refractivity contribution in [2.45, 2.75) is 63.6 Å². The van der Waals surface area contributed by atoms with Gasteiger partial charge in [0.05, 0.1) is 42.4 Å². The predicted molar refractivity (Wildman–Crippen MR) is 93.7 cm³/mol. The number of amides is 1. The second-order valence-corrected chi connectivity index (χ2v) is 7.92. The number of aromatic nitrogens is 3. The molecule has 1 aliphatic carbocycles. The van der Waals surface area contributed by atoms with Crippen LogP contribution >= 0.6 is 0 Å². The quantitative estimate of drug-likeness (QED) is 0.862. The number of rotatable bonds is 3. The van der Waals surface area contributed by atoms with Crippen LogP contribution in [0.4, 0.5) is 0 Å². The molecule has 132 valence electrons. The van der Waals surface area contributed by atoms with E-state index in [2.05, 4.69) is 23.8 Å². The van der Waals surface area contributed by atoms with Gasteiger partial charge < -0.3 is 9.64 Å². The number of hydrogen-bond acceptors (Lipinski definition) is 4. The van der Waals surface area contributed by atoms with Gasteiger partial charge in [0.15, 0.2) is 5.65 Å². The summed E-state index contributed by atoms with van der Waals surface area (Å²) in [4.78, 5) is 20.4. The standard InChI is InChI=1S/C19H24N4O2/c1-11(2)23-18-16(8-20-23)15(7-17(21-18)12-3-4-12)19(24)22-13-5-6-14(22)10-25-9-13/h7-8,11-14H,3-6,9-10H2,1-2H3. The van der Waals surface area contributed by atoms with E-state index in [1.165, 1.54) is 12.8 Å². The molecule has 2 bridgehead atoms. The first-order chi connectivity index (χ1) is 12.1. The van der Waals surface area contributed by atoms with Crippen LogP contribution in [0.5, 0.6) is 0 Å². The zero-order chi connectivity index (χ0) is 17.1. The van der Waals surface area contributed by atoms with E-state index in [0.29, 0.717) is 19.1 Å². The largest absolute Gasteiger partial charge is 0.377 e. The zero-order valence-corrected chi connectivity index (χ0v) is 14.8. The van der Waals surface area contributed by atoms with Crippen molar-refractivity contribution in [3.8, 4) is 0 Å². The van der Waals surface area contributed by atoms with E-state index in [4.69, 9.17) is 9.72 Å². The molecule has 0 N–H and O–H groups in total. The van der Waals surface area contributed by atoms with Crippen molar-refractivity contribution < 1.29 is 9.53 Å². The molecule has 3 aliphatic rings. The average Bonchev–Trinajstić information content (AvgIpc) is 3.31. The van der Waals surface area contributed by atoms with Crippen LogP contribution in [0, 0.1) is 0 Å². The fourth-order valence-electron chi connectivity index (χ4n) is 4.28. The van der Waals surface area contributed by atoms with Gasteiger partial charge in [0, 0.05) is 17.7 Å². The first kappa shape index (κ1) is 15.3. The Labute approximate surface area is 147 Å². The van der Waals surface area contributed by atoms with Crippen molar-refractivity contribution >= 4 is 16.9 Å². The maximum absolute atomic E-state index is 13.5. The van der Waals surface area contributed by atoms with Crippen molar-refractivity contribution in [3.05, 3.63) is 23.5 Å². The molecule has 25 heavy (non-hydrogen) atoms. The van der Waals surface area contributed by atoms with E-state index >= 15 is 0 Å². The highest BCUT2D eigenvalue weighted by Gasteiger charge is 2.41. The summed E-state index contributed by atoms with van der Waals surface area (Å²) in [6.07, 6.45) is 6.25. The molecule has 2 atom stereocenters. The number of hydrogen-bond donors (Lipinski definition) is 0. The normalized spacial score (nSPS) is 26.0. The molecule has 2 aromatic heterocycles. The van der Waals surface area contributed by atoms with Gasteiger partial charge in [-0.05, 0) is 45.6 Å². The highest BCUT2D eigenvalue weighted by atomic mass is 16.5. The molecule has 4 heterocycles. The number of carbonyl (C=O) groups excluding carboxylic acids is 1. The minimum atomic E-state index is 0.133. The van der Waals surface area contributed by atoms with Gasteiger partial charge in [0.25, 0.3) is 5.91 Å². The van der Waals surface area contributed by atoms with Crippen molar-refractivity contribution in [2.24, 2.45) is 0 Å². The van der Waals surface area contributed by atoms with Crippen LogP contribution in [0.3, 0.4) is 0 Å². The van der Waals surface area contributed by atoms with E-state index in [1.54, 1.807) is 0 Å². The predicted octanol–water partition coefficient (Wildman–Crippen LogP) is 2.89. The fourth-order valence-corrected chi connectivity index (χ4v) is 4.28. The fraction of sp³-hybridized carbons (Fsp3) is 0.632. The van der Waals surface area contributed by atoms with Crippen LogP contribution in [0.15, 0.2) is 12.3 Å². The molecule has 2 unspecified atom stereocenters. The van der Waals surface area contributed by atoms with E-state index < -0.39 is 0 Å². The summed E-state index contributed by atoms with van der Waals surface area (Å²) in [5.41, 5.74) is 2.68. The van der Waals surface area contributed by atoms with Gasteiger partial charge in [-0.1, -0.05) is 0 Å². The number of ether oxygens (including phenoxy) is 1. The Balaban J connectivity index is 1.63. The number of nitrogens with zero attached hydrogens (tertiary/aromatic N) is 4. The molecule has 1 saturated carbocycles. The minimum absolute atomic E-state index is 0.133. The molecule has 0 radical (unpaired) electrons. The molecule has 6 heteroatoms. The smallest absolute Gasteiger partial charge is 0.255 e. The van der Waals surface area contributed by atoms with E-state index in [0.717, 1.165) is 35.1 Å². The van der Waals surface area contributed by atoms with Crippen molar-refractivity contribution in [1.29, 1.82) is 0 Å². The number of pyridine rings is 1. The number of morpholine rings is 1.